The SMILES string of the molecule is C/C(=N\NC(=O)c1ccc(C(=O)CSc2ccncc2)s1)c1csc(-c2ccc(Cl)c(Cl)c2)c1O. The van der Waals surface area contributed by atoms with Gasteiger partial charge in [0.25, 0.3) is 5.91 Å². The second-order valence-corrected chi connectivity index (χ2v) is 11.0. The fraction of sp³-hybridized carbons (Fsp3) is 0.0833. The molecule has 6 nitrogen and oxygen atoms in total. The van der Waals surface area contributed by atoms with Gasteiger partial charge in [0.1, 0.15) is 5.75 Å². The molecule has 0 fully saturated rings. The molecule has 178 valence electrons. The predicted molar refractivity (Wildman–Crippen MR) is 145 cm³/mol. The first-order valence-electron chi connectivity index (χ1n) is 10.1. The molecule has 4 aromatic rings. The standard InChI is InChI=1S/C24H17Cl2N3O3S3/c1-13(16-11-34-23(22(16)31)14-2-3-17(25)18(26)10-14)28-29-24(32)21-5-4-20(35-21)19(30)12-33-15-6-8-27-9-7-15/h2-11,31H,12H2,1H3,(H,29,32)/b28-13+. The summed E-state index contributed by atoms with van der Waals surface area (Å²) < 4.78 is 0. The van der Waals surface area contributed by atoms with Crippen LogP contribution in [0.2, 0.25) is 10.0 Å². The lowest BCUT2D eigenvalue weighted by Gasteiger charge is -2.04. The van der Waals surface area contributed by atoms with E-state index in [4.69, 9.17) is 23.2 Å². The van der Waals surface area contributed by atoms with E-state index in [-0.39, 0.29) is 17.3 Å². The molecular formula is C24H17Cl2N3O3S3. The minimum Gasteiger partial charge on any atom is -0.506 e. The number of rotatable bonds is 8. The highest BCUT2D eigenvalue weighted by atomic mass is 35.5. The highest BCUT2D eigenvalue weighted by Gasteiger charge is 2.17. The number of thiophene rings is 2. The summed E-state index contributed by atoms with van der Waals surface area (Å²) in [7, 11) is 0. The maximum atomic E-state index is 12.6. The van der Waals surface area contributed by atoms with Gasteiger partial charge in [-0.25, -0.2) is 5.43 Å². The van der Waals surface area contributed by atoms with Gasteiger partial charge >= 0.3 is 0 Å². The van der Waals surface area contributed by atoms with E-state index >= 15 is 0 Å². The minimum atomic E-state index is -0.436. The first-order valence-corrected chi connectivity index (χ1v) is 13.5. The van der Waals surface area contributed by atoms with Gasteiger partial charge in [-0.1, -0.05) is 29.3 Å². The Morgan fingerprint density at radius 1 is 1.09 bits per heavy atom. The van der Waals surface area contributed by atoms with Crippen molar-refractivity contribution in [1.29, 1.82) is 0 Å². The molecule has 3 aromatic heterocycles. The molecule has 0 saturated carbocycles. The van der Waals surface area contributed by atoms with Crippen molar-refractivity contribution in [1.82, 2.24) is 10.4 Å². The van der Waals surface area contributed by atoms with Gasteiger partial charge in [0.15, 0.2) is 5.78 Å². The number of carbonyl (C=O) groups is 2. The molecule has 0 aliphatic heterocycles. The Hall–Kier alpha value is -2.69. The number of pyridine rings is 1. The largest absolute Gasteiger partial charge is 0.506 e. The van der Waals surface area contributed by atoms with E-state index in [1.54, 1.807) is 55.0 Å². The van der Waals surface area contributed by atoms with E-state index < -0.39 is 5.91 Å². The zero-order valence-corrected chi connectivity index (χ0v) is 22.1. The van der Waals surface area contributed by atoms with Crippen molar-refractivity contribution in [2.24, 2.45) is 5.10 Å². The van der Waals surface area contributed by atoms with Crippen LogP contribution in [0.5, 0.6) is 5.75 Å². The van der Waals surface area contributed by atoms with E-state index in [1.165, 1.54) is 23.1 Å². The van der Waals surface area contributed by atoms with Crippen LogP contribution in [0.25, 0.3) is 10.4 Å². The monoisotopic (exact) mass is 561 g/mol. The van der Waals surface area contributed by atoms with E-state index in [0.29, 0.717) is 36.0 Å². The molecule has 11 heteroatoms. The van der Waals surface area contributed by atoms with Crippen LogP contribution in [0, 0.1) is 0 Å². The molecule has 0 aliphatic carbocycles. The Kier molecular flexibility index (Phi) is 8.25. The normalized spacial score (nSPS) is 11.5. The summed E-state index contributed by atoms with van der Waals surface area (Å²) in [4.78, 5) is 31.4. The molecule has 3 heterocycles. The van der Waals surface area contributed by atoms with Gasteiger partial charge in [-0.15, -0.1) is 34.4 Å². The van der Waals surface area contributed by atoms with Crippen LogP contribution >= 0.6 is 57.6 Å². The van der Waals surface area contributed by atoms with Crippen LogP contribution in [0.4, 0.5) is 0 Å². The number of hydrogen-bond acceptors (Lipinski definition) is 8. The minimum absolute atomic E-state index is 0.0413. The number of hydrogen-bond donors (Lipinski definition) is 2. The van der Waals surface area contributed by atoms with Gasteiger partial charge in [0.2, 0.25) is 0 Å². The maximum absolute atomic E-state index is 12.6. The number of amides is 1. The van der Waals surface area contributed by atoms with Crippen molar-refractivity contribution in [2.45, 2.75) is 11.8 Å². The summed E-state index contributed by atoms with van der Waals surface area (Å²) in [6.45, 7) is 1.68. The van der Waals surface area contributed by atoms with Crippen LogP contribution in [0.1, 0.15) is 31.8 Å². The smallest absolute Gasteiger partial charge is 0.281 e. The Labute approximate surface area is 223 Å². The lowest BCUT2D eigenvalue weighted by molar-refractivity contribution is 0.0958. The molecular weight excluding hydrogens is 545 g/mol. The van der Waals surface area contributed by atoms with Crippen molar-refractivity contribution in [2.75, 3.05) is 5.75 Å². The first-order chi connectivity index (χ1) is 16.8. The number of benzene rings is 1. The van der Waals surface area contributed by atoms with Crippen LogP contribution in [0.15, 0.2) is 70.2 Å². The van der Waals surface area contributed by atoms with Crippen LogP contribution in [-0.2, 0) is 0 Å². The summed E-state index contributed by atoms with van der Waals surface area (Å²) >= 11 is 15.9. The van der Waals surface area contributed by atoms with Crippen molar-refractivity contribution in [3.05, 3.63) is 85.6 Å². The maximum Gasteiger partial charge on any atom is 0.281 e. The van der Waals surface area contributed by atoms with Gasteiger partial charge in [-0.05, 0) is 48.9 Å². The zero-order chi connectivity index (χ0) is 24.9. The molecule has 0 atom stereocenters. The lowest BCUT2D eigenvalue weighted by Crippen LogP contribution is -2.18. The highest BCUT2D eigenvalue weighted by Crippen LogP contribution is 2.40. The Bertz CT molecular complexity index is 1420. The number of ketones is 1. The van der Waals surface area contributed by atoms with Crippen LogP contribution in [0.3, 0.4) is 0 Å². The highest BCUT2D eigenvalue weighted by molar-refractivity contribution is 8.00. The molecule has 4 rings (SSSR count). The molecule has 0 saturated heterocycles. The summed E-state index contributed by atoms with van der Waals surface area (Å²) in [5, 5.41) is 17.4. The van der Waals surface area contributed by atoms with Gasteiger partial charge in [-0.2, -0.15) is 5.10 Å². The van der Waals surface area contributed by atoms with E-state index in [2.05, 4.69) is 15.5 Å². The summed E-state index contributed by atoms with van der Waals surface area (Å²) in [5.41, 5.74) is 4.14. The third kappa shape index (κ3) is 6.12. The molecule has 1 amide bonds. The topological polar surface area (TPSA) is 91.7 Å². The molecule has 0 bridgehead atoms. The van der Waals surface area contributed by atoms with Crippen molar-refractivity contribution < 1.29 is 14.7 Å². The summed E-state index contributed by atoms with van der Waals surface area (Å²) in [6.07, 6.45) is 3.35. The number of halogens is 2. The number of aromatic nitrogens is 1. The van der Waals surface area contributed by atoms with Crippen molar-refractivity contribution in [3.8, 4) is 16.2 Å². The second kappa shape index (κ2) is 11.4. The zero-order valence-electron chi connectivity index (χ0n) is 18.1. The second-order valence-electron chi connectivity index (χ2n) is 7.15. The molecule has 0 unspecified atom stereocenters. The summed E-state index contributed by atoms with van der Waals surface area (Å²) in [6, 6.07) is 12.0. The molecule has 1 aromatic carbocycles. The number of Topliss-reactive ketones (excluding diaryl/α,β-unsaturated/α-hetero) is 1. The van der Waals surface area contributed by atoms with Crippen molar-refractivity contribution in [3.63, 3.8) is 0 Å². The molecule has 0 radical (unpaired) electrons. The fourth-order valence-corrected chi connectivity index (χ4v) is 5.96. The average Bonchev–Trinajstić information content (AvgIpc) is 3.51. The number of aromatic hydroxyl groups is 1. The number of hydrazone groups is 1. The molecule has 35 heavy (non-hydrogen) atoms. The molecule has 0 spiro atoms. The number of nitrogens with one attached hydrogen (secondary N) is 1. The molecule has 2 N–H and O–H groups in total. The van der Waals surface area contributed by atoms with Crippen LogP contribution in [-0.4, -0.2) is 33.2 Å². The number of nitrogens with zero attached hydrogens (tertiary/aromatic N) is 2. The molecule has 0 aliphatic rings. The van der Waals surface area contributed by atoms with E-state index in [0.717, 1.165) is 21.8 Å². The van der Waals surface area contributed by atoms with Gasteiger partial charge in [0, 0.05) is 22.7 Å². The number of thioether (sulfide) groups is 1. The average molecular weight is 563 g/mol. The Morgan fingerprint density at radius 2 is 1.83 bits per heavy atom. The quantitative estimate of drug-likeness (QED) is 0.104. The first kappa shape index (κ1) is 25.4. The Balaban J connectivity index is 1.40. The van der Waals surface area contributed by atoms with Gasteiger partial charge in [-0.3, -0.25) is 14.6 Å². The van der Waals surface area contributed by atoms with Gasteiger partial charge < -0.3 is 5.11 Å². The fourth-order valence-electron chi connectivity index (χ4n) is 2.96. The predicted octanol–water partition coefficient (Wildman–Crippen LogP) is 7.01. The van der Waals surface area contributed by atoms with Crippen molar-refractivity contribution >= 4 is 75.0 Å². The van der Waals surface area contributed by atoms with Gasteiger partial charge in [0.05, 0.1) is 41.7 Å². The number of carbonyl (C=O) groups excluding carboxylic acids is 2. The van der Waals surface area contributed by atoms with E-state index in [1.807, 2.05) is 12.1 Å². The Morgan fingerprint density at radius 3 is 2.57 bits per heavy atom. The van der Waals surface area contributed by atoms with Crippen LogP contribution < -0.4 is 5.43 Å². The third-order valence-corrected chi connectivity index (χ3v) is 8.68. The third-order valence-electron chi connectivity index (χ3n) is 4.79. The van der Waals surface area contributed by atoms with E-state index in [9.17, 15) is 14.7 Å². The lowest BCUT2D eigenvalue weighted by atomic mass is 10.1. The summed E-state index contributed by atoms with van der Waals surface area (Å²) in [5.74, 6) is -0.190.